The van der Waals surface area contributed by atoms with Gasteiger partial charge in [-0.15, -0.1) is 0 Å². The van der Waals surface area contributed by atoms with Crippen LogP contribution in [0.15, 0.2) is 72.8 Å². The molecule has 35 heavy (non-hydrogen) atoms. The number of nitrogens with zero attached hydrogens (tertiary/aromatic N) is 2. The average Bonchev–Trinajstić information content (AvgIpc) is 3.36. The topological polar surface area (TPSA) is 53.0 Å². The lowest BCUT2D eigenvalue weighted by molar-refractivity contribution is -0.137. The summed E-state index contributed by atoms with van der Waals surface area (Å²) in [6, 6.07) is 17.7. The molecule has 0 aliphatic carbocycles. The Kier molecular flexibility index (Phi) is 7.60. The summed E-state index contributed by atoms with van der Waals surface area (Å²) in [4.78, 5) is 17.2. The van der Waals surface area contributed by atoms with Crippen molar-refractivity contribution in [3.63, 3.8) is 0 Å². The number of hydrogen-bond acceptors (Lipinski definition) is 4. The van der Waals surface area contributed by atoms with E-state index < -0.39 is 17.6 Å². The van der Waals surface area contributed by atoms with E-state index in [4.69, 9.17) is 4.74 Å². The van der Waals surface area contributed by atoms with Gasteiger partial charge in [-0.25, -0.2) is 0 Å². The van der Waals surface area contributed by atoms with Gasteiger partial charge in [-0.1, -0.05) is 12.1 Å². The van der Waals surface area contributed by atoms with Crippen molar-refractivity contribution in [2.75, 3.05) is 31.1 Å². The fraction of sp³-hybridized carbons (Fsp3) is 0.296. The number of phenols is 1. The van der Waals surface area contributed by atoms with Gasteiger partial charge in [0.2, 0.25) is 0 Å². The molecule has 4 rings (SSSR count). The molecule has 184 valence electrons. The molecule has 0 atom stereocenters. The van der Waals surface area contributed by atoms with Crippen LogP contribution in [0.3, 0.4) is 0 Å². The van der Waals surface area contributed by atoms with E-state index in [0.717, 1.165) is 31.8 Å². The fourth-order valence-corrected chi connectivity index (χ4v) is 4.10. The molecule has 0 saturated carbocycles. The van der Waals surface area contributed by atoms with E-state index in [9.17, 15) is 23.1 Å². The van der Waals surface area contributed by atoms with Crippen LogP contribution in [-0.2, 0) is 12.7 Å². The number of anilines is 1. The summed E-state index contributed by atoms with van der Waals surface area (Å²) in [5.41, 5.74) is 0.550. The summed E-state index contributed by atoms with van der Waals surface area (Å²) < 4.78 is 44.7. The summed E-state index contributed by atoms with van der Waals surface area (Å²) in [5.74, 6) is 0.281. The van der Waals surface area contributed by atoms with E-state index >= 15 is 0 Å². The van der Waals surface area contributed by atoms with E-state index in [1.807, 2.05) is 0 Å². The molecule has 0 radical (unpaired) electrons. The molecule has 1 fully saturated rings. The molecule has 0 bridgehead atoms. The second-order valence-corrected chi connectivity index (χ2v) is 8.53. The van der Waals surface area contributed by atoms with Crippen LogP contribution in [0.5, 0.6) is 11.5 Å². The first-order valence-electron chi connectivity index (χ1n) is 11.5. The van der Waals surface area contributed by atoms with Crippen LogP contribution in [0.2, 0.25) is 0 Å². The molecule has 5 nitrogen and oxygen atoms in total. The zero-order valence-electron chi connectivity index (χ0n) is 19.2. The number of ether oxygens (including phenoxy) is 1. The van der Waals surface area contributed by atoms with Gasteiger partial charge in [0.1, 0.15) is 18.1 Å². The van der Waals surface area contributed by atoms with Crippen LogP contribution in [0.1, 0.15) is 34.3 Å². The van der Waals surface area contributed by atoms with Crippen molar-refractivity contribution in [3.8, 4) is 11.5 Å². The second-order valence-electron chi connectivity index (χ2n) is 8.53. The highest BCUT2D eigenvalue weighted by Gasteiger charge is 2.30. The number of aromatic hydroxyl groups is 1. The van der Waals surface area contributed by atoms with Crippen molar-refractivity contribution in [1.29, 1.82) is 0 Å². The molecule has 1 N–H and O–H groups in total. The van der Waals surface area contributed by atoms with Gasteiger partial charge in [-0.3, -0.25) is 9.69 Å². The van der Waals surface area contributed by atoms with E-state index in [2.05, 4.69) is 4.90 Å². The summed E-state index contributed by atoms with van der Waals surface area (Å²) in [5, 5.41) is 9.83. The summed E-state index contributed by atoms with van der Waals surface area (Å²) in [6.45, 7) is 3.74. The van der Waals surface area contributed by atoms with Crippen LogP contribution in [0.25, 0.3) is 0 Å². The average molecular weight is 485 g/mol. The Morgan fingerprint density at radius 3 is 2.29 bits per heavy atom. The van der Waals surface area contributed by atoms with Crippen molar-refractivity contribution in [3.05, 3.63) is 89.5 Å². The molecule has 1 saturated heterocycles. The van der Waals surface area contributed by atoms with Crippen molar-refractivity contribution >= 4 is 11.6 Å². The van der Waals surface area contributed by atoms with Crippen molar-refractivity contribution in [2.24, 2.45) is 0 Å². The zero-order valence-corrected chi connectivity index (χ0v) is 19.2. The highest BCUT2D eigenvalue weighted by atomic mass is 19.4. The molecule has 1 heterocycles. The van der Waals surface area contributed by atoms with Gasteiger partial charge in [0.05, 0.1) is 12.1 Å². The molecule has 0 spiro atoms. The third-order valence-electron chi connectivity index (χ3n) is 5.98. The number of benzene rings is 3. The highest BCUT2D eigenvalue weighted by Crippen LogP contribution is 2.30. The minimum atomic E-state index is -4.48. The van der Waals surface area contributed by atoms with Crippen LogP contribution < -0.4 is 9.64 Å². The third-order valence-corrected chi connectivity index (χ3v) is 5.98. The maximum Gasteiger partial charge on any atom is 0.416 e. The van der Waals surface area contributed by atoms with E-state index in [0.29, 0.717) is 23.6 Å². The minimum Gasteiger partial charge on any atom is -0.508 e. The number of amides is 1. The molecule has 3 aromatic carbocycles. The summed E-state index contributed by atoms with van der Waals surface area (Å²) in [6.07, 6.45) is -2.04. The maximum absolute atomic E-state index is 13.3. The molecular formula is C27H27F3N2O3. The van der Waals surface area contributed by atoms with Gasteiger partial charge in [0.25, 0.3) is 5.91 Å². The predicted molar refractivity (Wildman–Crippen MR) is 128 cm³/mol. The Bertz CT molecular complexity index is 1130. The van der Waals surface area contributed by atoms with Crippen LogP contribution in [0, 0.1) is 0 Å². The molecule has 1 aliphatic heterocycles. The van der Waals surface area contributed by atoms with Crippen molar-refractivity contribution in [1.82, 2.24) is 4.90 Å². The van der Waals surface area contributed by atoms with Crippen molar-refractivity contribution < 1.29 is 27.8 Å². The van der Waals surface area contributed by atoms with Crippen molar-refractivity contribution in [2.45, 2.75) is 25.6 Å². The smallest absolute Gasteiger partial charge is 0.416 e. The quantitative estimate of drug-likeness (QED) is 0.444. The van der Waals surface area contributed by atoms with Gasteiger partial charge >= 0.3 is 6.18 Å². The van der Waals surface area contributed by atoms with Crippen LogP contribution >= 0.6 is 0 Å². The number of halogens is 3. The number of carbonyl (C=O) groups excluding carboxylic acids is 1. The first kappa shape index (κ1) is 24.6. The number of alkyl halides is 3. The number of rotatable bonds is 8. The maximum atomic E-state index is 13.3. The lowest BCUT2D eigenvalue weighted by atomic mass is 10.1. The lowest BCUT2D eigenvalue weighted by Gasteiger charge is -2.24. The van der Waals surface area contributed by atoms with Gasteiger partial charge < -0.3 is 14.7 Å². The van der Waals surface area contributed by atoms with Gasteiger partial charge in [0.15, 0.2) is 0 Å². The SMILES string of the molecule is O=C(c1ccc(C(F)(F)F)cc1)N(Cc1cccc(O)c1)c1ccc(OCCN2CCCC2)cc1. The Morgan fingerprint density at radius 1 is 0.971 bits per heavy atom. The zero-order chi connectivity index (χ0) is 24.8. The van der Waals surface area contributed by atoms with Gasteiger partial charge in [-0.05, 0) is 92.2 Å². The molecule has 0 unspecified atom stereocenters. The van der Waals surface area contributed by atoms with Gasteiger partial charge in [0, 0.05) is 17.8 Å². The Morgan fingerprint density at radius 2 is 1.66 bits per heavy atom. The number of hydrogen-bond donors (Lipinski definition) is 1. The lowest BCUT2D eigenvalue weighted by Crippen LogP contribution is -2.30. The van der Waals surface area contributed by atoms with Crippen LogP contribution in [-0.4, -0.2) is 42.2 Å². The number of carbonyl (C=O) groups is 1. The monoisotopic (exact) mass is 484 g/mol. The summed E-state index contributed by atoms with van der Waals surface area (Å²) in [7, 11) is 0. The Balaban J connectivity index is 1.52. The van der Waals surface area contributed by atoms with Crippen LogP contribution in [0.4, 0.5) is 18.9 Å². The standard InChI is InChI=1S/C27H27F3N2O3/c28-27(29,30)22-8-6-21(7-9-22)26(34)32(19-20-4-3-5-24(33)18-20)23-10-12-25(13-11-23)35-17-16-31-14-1-2-15-31/h3-13,18,33H,1-2,14-17,19H2. The summed E-state index contributed by atoms with van der Waals surface area (Å²) >= 11 is 0. The Labute approximate surface area is 202 Å². The van der Waals surface area contributed by atoms with Gasteiger partial charge in [-0.2, -0.15) is 13.2 Å². The first-order valence-corrected chi connectivity index (χ1v) is 11.5. The minimum absolute atomic E-state index is 0.0613. The largest absolute Gasteiger partial charge is 0.508 e. The highest BCUT2D eigenvalue weighted by molar-refractivity contribution is 6.06. The molecule has 0 aromatic heterocycles. The van der Waals surface area contributed by atoms with E-state index in [1.54, 1.807) is 42.5 Å². The molecule has 1 amide bonds. The Hall–Kier alpha value is -3.52. The molecule has 3 aromatic rings. The predicted octanol–water partition coefficient (Wildman–Crippen LogP) is 5.73. The first-order chi connectivity index (χ1) is 16.8. The number of likely N-dealkylation sites (tertiary alicyclic amines) is 1. The molecule has 8 heteroatoms. The molecule has 1 aliphatic rings. The number of phenolic OH excluding ortho intramolecular Hbond substituents is 1. The third kappa shape index (κ3) is 6.54. The second kappa shape index (κ2) is 10.8. The molecular weight excluding hydrogens is 457 g/mol. The fourth-order valence-electron chi connectivity index (χ4n) is 4.10. The van der Waals surface area contributed by atoms with E-state index in [-0.39, 0.29) is 17.9 Å². The van der Waals surface area contributed by atoms with E-state index in [1.165, 1.54) is 35.9 Å². The normalized spacial score (nSPS) is 14.1.